The van der Waals surface area contributed by atoms with Gasteiger partial charge < -0.3 is 10.4 Å². The molecule has 0 aliphatic heterocycles. The van der Waals surface area contributed by atoms with Crippen LogP contribution in [0.25, 0.3) is 0 Å². The Kier molecular flexibility index (Phi) is 3.47. The van der Waals surface area contributed by atoms with Crippen molar-refractivity contribution in [1.82, 2.24) is 5.32 Å². The summed E-state index contributed by atoms with van der Waals surface area (Å²) in [5.74, 6) is -0.0580. The Labute approximate surface area is 118 Å². The van der Waals surface area contributed by atoms with Crippen molar-refractivity contribution < 1.29 is 14.7 Å². The number of carbonyl (C=O) groups is 2. The molecule has 1 aromatic rings. The SMILES string of the molecule is O=C(N[C@@H](C(=O)O)c1ccccc1)C1C2CCCCC21. The van der Waals surface area contributed by atoms with Gasteiger partial charge in [0.05, 0.1) is 0 Å². The van der Waals surface area contributed by atoms with Crippen molar-refractivity contribution in [2.75, 3.05) is 0 Å². The van der Waals surface area contributed by atoms with Gasteiger partial charge in [-0.3, -0.25) is 4.79 Å². The van der Waals surface area contributed by atoms with E-state index in [4.69, 9.17) is 0 Å². The summed E-state index contributed by atoms with van der Waals surface area (Å²) in [7, 11) is 0. The number of carboxylic acid groups (broad SMARTS) is 1. The molecule has 0 saturated heterocycles. The molecule has 3 atom stereocenters. The van der Waals surface area contributed by atoms with Crippen LogP contribution in [0.1, 0.15) is 37.3 Å². The van der Waals surface area contributed by atoms with Gasteiger partial charge in [0.2, 0.25) is 5.91 Å². The number of rotatable bonds is 4. The number of carbonyl (C=O) groups excluding carboxylic acids is 1. The van der Waals surface area contributed by atoms with Crippen LogP contribution < -0.4 is 5.32 Å². The van der Waals surface area contributed by atoms with E-state index in [0.29, 0.717) is 17.4 Å². The zero-order chi connectivity index (χ0) is 14.1. The molecule has 0 radical (unpaired) electrons. The number of aliphatic carboxylic acids is 1. The first-order valence-electron chi connectivity index (χ1n) is 7.26. The van der Waals surface area contributed by atoms with Gasteiger partial charge in [-0.25, -0.2) is 4.79 Å². The average Bonchev–Trinajstić information content (AvgIpc) is 3.19. The second-order valence-corrected chi connectivity index (χ2v) is 5.83. The fourth-order valence-electron chi connectivity index (χ4n) is 3.55. The summed E-state index contributed by atoms with van der Waals surface area (Å²) >= 11 is 0. The monoisotopic (exact) mass is 273 g/mol. The zero-order valence-corrected chi connectivity index (χ0v) is 11.3. The number of hydrogen-bond acceptors (Lipinski definition) is 2. The van der Waals surface area contributed by atoms with Gasteiger partial charge in [0.15, 0.2) is 6.04 Å². The van der Waals surface area contributed by atoms with Crippen LogP contribution in [0.2, 0.25) is 0 Å². The van der Waals surface area contributed by atoms with Crippen molar-refractivity contribution >= 4 is 11.9 Å². The van der Waals surface area contributed by atoms with Gasteiger partial charge in [0, 0.05) is 5.92 Å². The van der Waals surface area contributed by atoms with Crippen molar-refractivity contribution in [3.05, 3.63) is 35.9 Å². The Morgan fingerprint density at radius 3 is 2.25 bits per heavy atom. The molecular weight excluding hydrogens is 254 g/mol. The van der Waals surface area contributed by atoms with E-state index in [2.05, 4.69) is 5.32 Å². The van der Waals surface area contributed by atoms with E-state index in [0.717, 1.165) is 12.8 Å². The highest BCUT2D eigenvalue weighted by molar-refractivity contribution is 5.87. The number of amides is 1. The average molecular weight is 273 g/mol. The van der Waals surface area contributed by atoms with Crippen molar-refractivity contribution in [3.63, 3.8) is 0 Å². The van der Waals surface area contributed by atoms with Crippen molar-refractivity contribution in [1.29, 1.82) is 0 Å². The largest absolute Gasteiger partial charge is 0.479 e. The lowest BCUT2D eigenvalue weighted by atomic mass is 10.0. The molecule has 1 aromatic carbocycles. The number of benzene rings is 1. The van der Waals surface area contributed by atoms with Gasteiger partial charge in [-0.2, -0.15) is 0 Å². The zero-order valence-electron chi connectivity index (χ0n) is 11.3. The van der Waals surface area contributed by atoms with Crippen molar-refractivity contribution in [2.24, 2.45) is 17.8 Å². The van der Waals surface area contributed by atoms with Crippen LogP contribution in [0.15, 0.2) is 30.3 Å². The van der Waals surface area contributed by atoms with Gasteiger partial charge in [-0.15, -0.1) is 0 Å². The smallest absolute Gasteiger partial charge is 0.330 e. The summed E-state index contributed by atoms with van der Waals surface area (Å²) < 4.78 is 0. The summed E-state index contributed by atoms with van der Waals surface area (Å²) in [6, 6.07) is 7.94. The lowest BCUT2D eigenvalue weighted by Crippen LogP contribution is -2.35. The molecule has 20 heavy (non-hydrogen) atoms. The molecule has 2 unspecified atom stereocenters. The third-order valence-electron chi connectivity index (χ3n) is 4.63. The molecule has 106 valence electrons. The highest BCUT2D eigenvalue weighted by Crippen LogP contribution is 2.55. The normalized spacial score (nSPS) is 29.1. The maximum Gasteiger partial charge on any atom is 0.330 e. The molecular formula is C16H19NO3. The Morgan fingerprint density at radius 2 is 1.70 bits per heavy atom. The third kappa shape index (κ3) is 2.42. The van der Waals surface area contributed by atoms with Gasteiger partial charge in [-0.05, 0) is 30.2 Å². The summed E-state index contributed by atoms with van der Waals surface area (Å²) in [6.07, 6.45) is 4.63. The molecule has 2 aliphatic rings. The van der Waals surface area contributed by atoms with Gasteiger partial charge in [-0.1, -0.05) is 43.2 Å². The minimum absolute atomic E-state index is 0.0445. The van der Waals surface area contributed by atoms with E-state index >= 15 is 0 Å². The van der Waals surface area contributed by atoms with Gasteiger partial charge in [0.1, 0.15) is 0 Å². The molecule has 2 fully saturated rings. The van der Waals surface area contributed by atoms with Crippen molar-refractivity contribution in [2.45, 2.75) is 31.7 Å². The van der Waals surface area contributed by atoms with Gasteiger partial charge >= 0.3 is 5.97 Å². The molecule has 0 heterocycles. The number of nitrogens with one attached hydrogen (secondary N) is 1. The predicted molar refractivity (Wildman–Crippen MR) is 73.9 cm³/mol. The first-order chi connectivity index (χ1) is 9.68. The molecule has 3 rings (SSSR count). The second kappa shape index (κ2) is 5.27. The van der Waals surface area contributed by atoms with Crippen LogP contribution in [0.5, 0.6) is 0 Å². The Balaban J connectivity index is 1.68. The van der Waals surface area contributed by atoms with Crippen molar-refractivity contribution in [3.8, 4) is 0 Å². The van der Waals surface area contributed by atoms with Gasteiger partial charge in [0.25, 0.3) is 0 Å². The van der Waals surface area contributed by atoms with E-state index in [1.54, 1.807) is 24.3 Å². The maximum absolute atomic E-state index is 12.3. The Morgan fingerprint density at radius 1 is 1.10 bits per heavy atom. The predicted octanol–water partition coefficient (Wildman–Crippen LogP) is 2.36. The first-order valence-corrected chi connectivity index (χ1v) is 7.26. The third-order valence-corrected chi connectivity index (χ3v) is 4.63. The Bertz CT molecular complexity index is 502. The van der Waals surface area contributed by atoms with E-state index in [-0.39, 0.29) is 11.8 Å². The molecule has 0 bridgehead atoms. The minimum Gasteiger partial charge on any atom is -0.479 e. The summed E-state index contributed by atoms with van der Waals surface area (Å²) in [6.45, 7) is 0. The minimum atomic E-state index is -1.01. The standard InChI is InChI=1S/C16H19NO3/c18-15(13-11-8-4-5-9-12(11)13)17-14(16(19)20)10-6-2-1-3-7-10/h1-3,6-7,11-14H,4-5,8-9H2,(H,17,18)(H,19,20)/t11?,12?,13?,14-/m1/s1. The Hall–Kier alpha value is -1.84. The van der Waals surface area contributed by atoms with Crippen LogP contribution in [0, 0.1) is 17.8 Å². The van der Waals surface area contributed by atoms with E-state index < -0.39 is 12.0 Å². The fraction of sp³-hybridized carbons (Fsp3) is 0.500. The van der Waals surface area contributed by atoms with E-state index in [1.165, 1.54) is 12.8 Å². The number of fused-ring (bicyclic) bond motifs is 1. The molecule has 0 aromatic heterocycles. The van der Waals surface area contributed by atoms with Crippen LogP contribution in [-0.4, -0.2) is 17.0 Å². The summed E-state index contributed by atoms with van der Waals surface area (Å²) in [5, 5.41) is 12.0. The van der Waals surface area contributed by atoms with Crippen LogP contribution >= 0.6 is 0 Å². The number of hydrogen-bond donors (Lipinski definition) is 2. The topological polar surface area (TPSA) is 66.4 Å². The lowest BCUT2D eigenvalue weighted by Gasteiger charge is -2.15. The molecule has 4 heteroatoms. The first kappa shape index (κ1) is 13.2. The van der Waals surface area contributed by atoms with E-state index in [1.807, 2.05) is 6.07 Å². The van der Waals surface area contributed by atoms with E-state index in [9.17, 15) is 14.7 Å². The second-order valence-electron chi connectivity index (χ2n) is 5.83. The van der Waals surface area contributed by atoms with Crippen LogP contribution in [-0.2, 0) is 9.59 Å². The summed E-state index contributed by atoms with van der Waals surface area (Å²) in [5.41, 5.74) is 0.622. The molecule has 2 saturated carbocycles. The molecule has 0 spiro atoms. The molecule has 2 N–H and O–H groups in total. The number of carboxylic acids is 1. The van der Waals surface area contributed by atoms with Crippen LogP contribution in [0.4, 0.5) is 0 Å². The quantitative estimate of drug-likeness (QED) is 0.885. The summed E-state index contributed by atoms with van der Waals surface area (Å²) in [4.78, 5) is 23.7. The maximum atomic E-state index is 12.3. The fourth-order valence-corrected chi connectivity index (χ4v) is 3.55. The molecule has 1 amide bonds. The molecule has 4 nitrogen and oxygen atoms in total. The van der Waals surface area contributed by atoms with Crippen LogP contribution in [0.3, 0.4) is 0 Å². The highest BCUT2D eigenvalue weighted by atomic mass is 16.4. The molecule has 2 aliphatic carbocycles. The highest BCUT2D eigenvalue weighted by Gasteiger charge is 2.55. The lowest BCUT2D eigenvalue weighted by molar-refractivity contribution is -0.142.